The molecule has 1 aromatic heterocycles. The van der Waals surface area contributed by atoms with Crippen LogP contribution in [0.25, 0.3) is 0 Å². The number of aromatic nitrogens is 1. The summed E-state index contributed by atoms with van der Waals surface area (Å²) in [7, 11) is 0. The Bertz CT molecular complexity index is 210. The van der Waals surface area contributed by atoms with Crippen LogP contribution in [0.3, 0.4) is 0 Å². The van der Waals surface area contributed by atoms with Crippen molar-refractivity contribution in [1.29, 1.82) is 0 Å². The lowest BCUT2D eigenvalue weighted by molar-refractivity contribution is 0.614. The predicted molar refractivity (Wildman–Crippen MR) is 49.7 cm³/mol. The van der Waals surface area contributed by atoms with Gasteiger partial charge in [-0.25, -0.2) is 0 Å². The number of nitrogens with one attached hydrogen (secondary N) is 1. The number of hydrogen-bond donors (Lipinski definition) is 2. The molecule has 0 amide bonds. The van der Waals surface area contributed by atoms with Gasteiger partial charge >= 0.3 is 0 Å². The van der Waals surface area contributed by atoms with Gasteiger partial charge in [0.15, 0.2) is 0 Å². The van der Waals surface area contributed by atoms with Gasteiger partial charge in [0, 0.05) is 25.0 Å². The van der Waals surface area contributed by atoms with E-state index in [0.717, 1.165) is 18.7 Å². The number of nitrogens with two attached hydrogens (primary N) is 1. The summed E-state index contributed by atoms with van der Waals surface area (Å²) >= 11 is 0. The average Bonchev–Trinajstić information content (AvgIpc) is 2.15. The Morgan fingerprint density at radius 3 is 3.08 bits per heavy atom. The Kier molecular flexibility index (Phi) is 3.70. The van der Waals surface area contributed by atoms with Crippen molar-refractivity contribution in [2.45, 2.75) is 13.0 Å². The van der Waals surface area contributed by atoms with E-state index in [1.165, 1.54) is 0 Å². The van der Waals surface area contributed by atoms with Gasteiger partial charge in [-0.2, -0.15) is 0 Å². The second-order valence-corrected chi connectivity index (χ2v) is 2.70. The van der Waals surface area contributed by atoms with Gasteiger partial charge in [0.1, 0.15) is 0 Å². The molecule has 1 heterocycles. The molecule has 0 aliphatic heterocycles. The van der Waals surface area contributed by atoms with E-state index in [9.17, 15) is 0 Å². The molecule has 0 fully saturated rings. The molecule has 1 aromatic rings. The second kappa shape index (κ2) is 4.85. The fourth-order valence-electron chi connectivity index (χ4n) is 1.01. The zero-order valence-electron chi connectivity index (χ0n) is 7.33. The van der Waals surface area contributed by atoms with Gasteiger partial charge in [-0.1, -0.05) is 13.0 Å². The van der Waals surface area contributed by atoms with Crippen molar-refractivity contribution in [3.63, 3.8) is 0 Å². The lowest BCUT2D eigenvalue weighted by Gasteiger charge is -2.10. The molecule has 0 aromatic carbocycles. The first kappa shape index (κ1) is 9.16. The van der Waals surface area contributed by atoms with Gasteiger partial charge < -0.3 is 11.1 Å². The molecule has 0 aliphatic carbocycles. The summed E-state index contributed by atoms with van der Waals surface area (Å²) in [6, 6.07) is 3.95. The molecule has 66 valence electrons. The summed E-state index contributed by atoms with van der Waals surface area (Å²) in [4.78, 5) is 4.01. The molecule has 0 aliphatic rings. The quantitative estimate of drug-likeness (QED) is 0.690. The third-order valence-corrected chi connectivity index (χ3v) is 1.73. The number of nitrogens with zero attached hydrogens (tertiary/aromatic N) is 1. The number of hydrogen-bond acceptors (Lipinski definition) is 3. The lowest BCUT2D eigenvalue weighted by Crippen LogP contribution is -2.26. The first-order valence-corrected chi connectivity index (χ1v) is 4.20. The highest BCUT2D eigenvalue weighted by molar-refractivity contribution is 5.13. The molecule has 1 rings (SSSR count). The highest BCUT2D eigenvalue weighted by Crippen LogP contribution is 2.05. The minimum atomic E-state index is 0.0543. The van der Waals surface area contributed by atoms with E-state index >= 15 is 0 Å². The zero-order valence-corrected chi connectivity index (χ0v) is 7.33. The minimum absolute atomic E-state index is 0.0543. The molecule has 0 bridgehead atoms. The van der Waals surface area contributed by atoms with Crippen molar-refractivity contribution >= 4 is 0 Å². The first-order valence-electron chi connectivity index (χ1n) is 4.20. The van der Waals surface area contributed by atoms with Crippen molar-refractivity contribution in [2.24, 2.45) is 5.73 Å². The summed E-state index contributed by atoms with van der Waals surface area (Å²) in [6.07, 6.45) is 3.56. The Morgan fingerprint density at radius 1 is 1.67 bits per heavy atom. The predicted octanol–water partition coefficient (Wildman–Crippen LogP) is 0.691. The van der Waals surface area contributed by atoms with Crippen LogP contribution in [-0.2, 0) is 0 Å². The van der Waals surface area contributed by atoms with Crippen LogP contribution in [0, 0.1) is 0 Å². The van der Waals surface area contributed by atoms with Crippen LogP contribution in [0.4, 0.5) is 0 Å². The summed E-state index contributed by atoms with van der Waals surface area (Å²) < 4.78 is 0. The molecule has 3 heteroatoms. The van der Waals surface area contributed by atoms with Crippen LogP contribution in [0.1, 0.15) is 18.5 Å². The fraction of sp³-hybridized carbons (Fsp3) is 0.444. The molecular formula is C9H15N3. The monoisotopic (exact) mass is 165 g/mol. The van der Waals surface area contributed by atoms with E-state index in [0.29, 0.717) is 0 Å². The smallest absolute Gasteiger partial charge is 0.0437 e. The van der Waals surface area contributed by atoms with E-state index < -0.39 is 0 Å². The number of pyridine rings is 1. The number of rotatable bonds is 4. The third kappa shape index (κ3) is 2.60. The average molecular weight is 165 g/mol. The van der Waals surface area contributed by atoms with E-state index in [1.807, 2.05) is 18.3 Å². The van der Waals surface area contributed by atoms with E-state index in [2.05, 4.69) is 17.2 Å². The molecule has 0 radical (unpaired) electrons. The van der Waals surface area contributed by atoms with Gasteiger partial charge in [-0.15, -0.1) is 0 Å². The summed E-state index contributed by atoms with van der Waals surface area (Å²) in [6.45, 7) is 3.83. The van der Waals surface area contributed by atoms with Crippen LogP contribution in [-0.4, -0.2) is 18.1 Å². The summed E-state index contributed by atoms with van der Waals surface area (Å²) in [5.41, 5.74) is 6.96. The molecule has 0 saturated carbocycles. The summed E-state index contributed by atoms with van der Waals surface area (Å²) in [5, 5.41) is 3.19. The molecule has 1 atom stereocenters. The van der Waals surface area contributed by atoms with Crippen LogP contribution in [0.5, 0.6) is 0 Å². The number of likely N-dealkylation sites (N-methyl/N-ethyl adjacent to an activating group) is 1. The SMILES string of the molecule is CCNCC(N)c1cccnc1. The largest absolute Gasteiger partial charge is 0.323 e. The molecular weight excluding hydrogens is 150 g/mol. The zero-order chi connectivity index (χ0) is 8.81. The Hall–Kier alpha value is -0.930. The maximum Gasteiger partial charge on any atom is 0.0437 e. The standard InChI is InChI=1S/C9H15N3/c1-2-11-7-9(10)8-4-3-5-12-6-8/h3-6,9,11H,2,7,10H2,1H3. The van der Waals surface area contributed by atoms with Crippen LogP contribution in [0.2, 0.25) is 0 Å². The molecule has 3 N–H and O–H groups in total. The van der Waals surface area contributed by atoms with Crippen molar-refractivity contribution in [2.75, 3.05) is 13.1 Å². The minimum Gasteiger partial charge on any atom is -0.323 e. The van der Waals surface area contributed by atoms with Gasteiger partial charge in [0.25, 0.3) is 0 Å². The van der Waals surface area contributed by atoms with Crippen LogP contribution < -0.4 is 11.1 Å². The fourth-order valence-corrected chi connectivity index (χ4v) is 1.01. The molecule has 0 saturated heterocycles. The second-order valence-electron chi connectivity index (χ2n) is 2.70. The van der Waals surface area contributed by atoms with Crippen molar-refractivity contribution in [3.05, 3.63) is 30.1 Å². The Balaban J connectivity index is 2.48. The van der Waals surface area contributed by atoms with E-state index in [4.69, 9.17) is 5.73 Å². The van der Waals surface area contributed by atoms with Crippen molar-refractivity contribution in [1.82, 2.24) is 10.3 Å². The van der Waals surface area contributed by atoms with Gasteiger partial charge in [0.2, 0.25) is 0 Å². The van der Waals surface area contributed by atoms with Gasteiger partial charge in [-0.05, 0) is 18.2 Å². The summed E-state index contributed by atoms with van der Waals surface area (Å²) in [5.74, 6) is 0. The maximum absolute atomic E-state index is 5.88. The topological polar surface area (TPSA) is 50.9 Å². The van der Waals surface area contributed by atoms with E-state index in [1.54, 1.807) is 6.20 Å². The van der Waals surface area contributed by atoms with Crippen molar-refractivity contribution < 1.29 is 0 Å². The molecule has 1 unspecified atom stereocenters. The lowest BCUT2D eigenvalue weighted by atomic mass is 10.1. The van der Waals surface area contributed by atoms with Crippen molar-refractivity contribution in [3.8, 4) is 0 Å². The molecule has 3 nitrogen and oxygen atoms in total. The molecule has 12 heavy (non-hydrogen) atoms. The molecule has 0 spiro atoms. The van der Waals surface area contributed by atoms with Crippen LogP contribution >= 0.6 is 0 Å². The van der Waals surface area contributed by atoms with E-state index in [-0.39, 0.29) is 6.04 Å². The normalized spacial score (nSPS) is 12.8. The maximum atomic E-state index is 5.88. The Labute approximate surface area is 73.0 Å². The highest BCUT2D eigenvalue weighted by Gasteiger charge is 2.03. The van der Waals surface area contributed by atoms with Gasteiger partial charge in [-0.3, -0.25) is 4.98 Å². The Morgan fingerprint density at radius 2 is 2.50 bits per heavy atom. The van der Waals surface area contributed by atoms with Gasteiger partial charge in [0.05, 0.1) is 0 Å². The third-order valence-electron chi connectivity index (χ3n) is 1.73. The van der Waals surface area contributed by atoms with Crippen LogP contribution in [0.15, 0.2) is 24.5 Å². The highest BCUT2D eigenvalue weighted by atomic mass is 14.9. The first-order chi connectivity index (χ1) is 5.84.